The number of aromatic nitrogens is 2. The summed E-state index contributed by atoms with van der Waals surface area (Å²) in [6.07, 6.45) is 2.76. The minimum absolute atomic E-state index is 0.0981. The Bertz CT molecular complexity index is 603. The molecular weight excluding hydrogens is 258 g/mol. The first-order valence-electron chi connectivity index (χ1n) is 5.17. The van der Waals surface area contributed by atoms with Crippen molar-refractivity contribution in [1.82, 2.24) is 14.5 Å². The fraction of sp³-hybridized carbons (Fsp3) is 0.300. The summed E-state index contributed by atoms with van der Waals surface area (Å²) < 4.78 is 30.6. The lowest BCUT2D eigenvalue weighted by Gasteiger charge is -2.15. The molecule has 7 nitrogen and oxygen atoms in total. The molecule has 0 fully saturated rings. The zero-order valence-corrected chi connectivity index (χ0v) is 10.5. The topological polar surface area (TPSA) is 99.4 Å². The second-order valence-electron chi connectivity index (χ2n) is 3.72. The lowest BCUT2D eigenvalue weighted by atomic mass is 10.4. The van der Waals surface area contributed by atoms with Gasteiger partial charge in [0, 0.05) is 12.6 Å². The summed E-state index contributed by atoms with van der Waals surface area (Å²) in [6, 6.07) is 3.37. The van der Waals surface area contributed by atoms with Gasteiger partial charge < -0.3 is 9.52 Å². The van der Waals surface area contributed by atoms with E-state index in [0.29, 0.717) is 5.76 Å². The predicted octanol–water partition coefficient (Wildman–Crippen LogP) is 0.316. The summed E-state index contributed by atoms with van der Waals surface area (Å²) in [6.45, 7) is -0.279. The van der Waals surface area contributed by atoms with Gasteiger partial charge in [-0.3, -0.25) is 5.10 Å². The number of hydrogen-bond acceptors (Lipinski definition) is 5. The van der Waals surface area contributed by atoms with Crippen LogP contribution in [0.3, 0.4) is 0 Å². The van der Waals surface area contributed by atoms with Crippen LogP contribution in [0.25, 0.3) is 0 Å². The molecule has 0 spiro atoms. The normalized spacial score (nSPS) is 12.2. The Balaban J connectivity index is 2.26. The molecule has 0 bridgehead atoms. The highest BCUT2D eigenvalue weighted by Gasteiger charge is 2.26. The van der Waals surface area contributed by atoms with Crippen LogP contribution in [-0.4, -0.2) is 35.1 Å². The Morgan fingerprint density at radius 2 is 2.33 bits per heavy atom. The van der Waals surface area contributed by atoms with Crippen LogP contribution in [-0.2, 0) is 23.2 Å². The summed E-state index contributed by atoms with van der Waals surface area (Å²) in [4.78, 5) is 0. The van der Waals surface area contributed by atoms with Gasteiger partial charge in [-0.1, -0.05) is 0 Å². The highest BCUT2D eigenvalue weighted by atomic mass is 32.2. The third-order valence-corrected chi connectivity index (χ3v) is 4.29. The molecule has 2 aromatic rings. The molecule has 0 aliphatic carbocycles. The third kappa shape index (κ3) is 2.30. The number of nitrogens with one attached hydrogen (secondary N) is 1. The van der Waals surface area contributed by atoms with Gasteiger partial charge in [0.05, 0.1) is 25.6 Å². The Morgan fingerprint density at radius 3 is 2.94 bits per heavy atom. The van der Waals surface area contributed by atoms with Gasteiger partial charge in [-0.25, -0.2) is 8.42 Å². The second kappa shape index (κ2) is 4.92. The van der Waals surface area contributed by atoms with Crippen molar-refractivity contribution in [3.05, 3.63) is 35.9 Å². The predicted molar refractivity (Wildman–Crippen MR) is 61.9 cm³/mol. The summed E-state index contributed by atoms with van der Waals surface area (Å²) >= 11 is 0. The van der Waals surface area contributed by atoms with E-state index in [2.05, 4.69) is 10.2 Å². The van der Waals surface area contributed by atoms with Crippen molar-refractivity contribution in [3.63, 3.8) is 0 Å². The number of aromatic amines is 1. The molecule has 0 saturated carbocycles. The summed E-state index contributed by atoms with van der Waals surface area (Å²) in [5.74, 6) is 0.533. The zero-order valence-electron chi connectivity index (χ0n) is 9.70. The summed E-state index contributed by atoms with van der Waals surface area (Å²) in [7, 11) is -2.29. The van der Waals surface area contributed by atoms with E-state index in [-0.39, 0.29) is 23.7 Å². The number of H-pyrrole nitrogens is 1. The number of hydrogen-bond donors (Lipinski definition) is 2. The molecule has 98 valence electrons. The SMILES string of the molecule is CN(Cc1ccco1)S(=O)(=O)c1[nH]ncc1CO. The molecule has 0 amide bonds. The van der Waals surface area contributed by atoms with Gasteiger partial charge in [-0.15, -0.1) is 0 Å². The molecule has 0 radical (unpaired) electrons. The lowest BCUT2D eigenvalue weighted by molar-refractivity contribution is 0.278. The monoisotopic (exact) mass is 271 g/mol. The highest BCUT2D eigenvalue weighted by molar-refractivity contribution is 7.89. The summed E-state index contributed by atoms with van der Waals surface area (Å²) in [5.41, 5.74) is 0.237. The average Bonchev–Trinajstić information content (AvgIpc) is 2.98. The van der Waals surface area contributed by atoms with E-state index in [9.17, 15) is 8.42 Å². The van der Waals surface area contributed by atoms with Crippen molar-refractivity contribution in [1.29, 1.82) is 0 Å². The molecule has 0 unspecified atom stereocenters. The quantitative estimate of drug-likeness (QED) is 0.815. The molecule has 0 atom stereocenters. The minimum atomic E-state index is -3.72. The van der Waals surface area contributed by atoms with Crippen molar-refractivity contribution >= 4 is 10.0 Å². The smallest absolute Gasteiger partial charge is 0.260 e. The second-order valence-corrected chi connectivity index (χ2v) is 5.70. The largest absolute Gasteiger partial charge is 0.468 e. The Labute approximate surface area is 104 Å². The number of sulfonamides is 1. The van der Waals surface area contributed by atoms with E-state index in [1.807, 2.05) is 0 Å². The van der Waals surface area contributed by atoms with Crippen molar-refractivity contribution in [3.8, 4) is 0 Å². The first-order valence-corrected chi connectivity index (χ1v) is 6.61. The van der Waals surface area contributed by atoms with Crippen LogP contribution in [0.5, 0.6) is 0 Å². The molecule has 0 aromatic carbocycles. The highest BCUT2D eigenvalue weighted by Crippen LogP contribution is 2.18. The first kappa shape index (κ1) is 12.8. The molecule has 2 aromatic heterocycles. The molecule has 0 aliphatic heterocycles. The average molecular weight is 271 g/mol. The number of rotatable bonds is 5. The van der Waals surface area contributed by atoms with Crippen LogP contribution in [0.2, 0.25) is 0 Å². The molecule has 2 heterocycles. The van der Waals surface area contributed by atoms with E-state index in [1.54, 1.807) is 12.1 Å². The van der Waals surface area contributed by atoms with Crippen LogP contribution >= 0.6 is 0 Å². The van der Waals surface area contributed by atoms with Gasteiger partial charge in [0.1, 0.15) is 5.76 Å². The molecule has 18 heavy (non-hydrogen) atoms. The summed E-state index contributed by atoms with van der Waals surface area (Å²) in [5, 5.41) is 15.0. The van der Waals surface area contributed by atoms with Crippen LogP contribution in [0.1, 0.15) is 11.3 Å². The molecule has 0 aliphatic rings. The Hall–Kier alpha value is -1.64. The fourth-order valence-corrected chi connectivity index (χ4v) is 2.72. The van der Waals surface area contributed by atoms with E-state index >= 15 is 0 Å². The third-order valence-electron chi connectivity index (χ3n) is 2.48. The van der Waals surface area contributed by atoms with Gasteiger partial charge >= 0.3 is 0 Å². The van der Waals surface area contributed by atoms with Gasteiger partial charge in [-0.2, -0.15) is 9.40 Å². The number of aliphatic hydroxyl groups is 1. The molecule has 2 N–H and O–H groups in total. The molecule has 0 saturated heterocycles. The van der Waals surface area contributed by atoms with Crippen LogP contribution < -0.4 is 0 Å². The van der Waals surface area contributed by atoms with E-state index in [1.165, 1.54) is 19.5 Å². The van der Waals surface area contributed by atoms with Gasteiger partial charge in [-0.05, 0) is 12.1 Å². The zero-order chi connectivity index (χ0) is 13.2. The molecular formula is C10H13N3O4S. The van der Waals surface area contributed by atoms with Crippen molar-refractivity contribution < 1.29 is 17.9 Å². The van der Waals surface area contributed by atoms with E-state index in [0.717, 1.165) is 4.31 Å². The van der Waals surface area contributed by atoms with Gasteiger partial charge in [0.25, 0.3) is 10.0 Å². The number of furan rings is 1. The number of aliphatic hydroxyl groups excluding tert-OH is 1. The van der Waals surface area contributed by atoms with Crippen molar-refractivity contribution in [2.75, 3.05) is 7.05 Å². The van der Waals surface area contributed by atoms with E-state index in [4.69, 9.17) is 9.52 Å². The van der Waals surface area contributed by atoms with Crippen LogP contribution in [0, 0.1) is 0 Å². The Kier molecular flexibility index (Phi) is 3.50. The standard InChI is InChI=1S/C10H13N3O4S/c1-13(6-9-3-2-4-17-9)18(15,16)10-8(7-14)5-11-12-10/h2-5,14H,6-7H2,1H3,(H,11,12). The van der Waals surface area contributed by atoms with Crippen molar-refractivity contribution in [2.45, 2.75) is 18.2 Å². The van der Waals surface area contributed by atoms with Gasteiger partial charge in [0.15, 0.2) is 5.03 Å². The maximum absolute atomic E-state index is 12.2. The maximum Gasteiger partial charge on any atom is 0.260 e. The van der Waals surface area contributed by atoms with E-state index < -0.39 is 10.0 Å². The van der Waals surface area contributed by atoms with Crippen LogP contribution in [0.4, 0.5) is 0 Å². The number of nitrogens with zero attached hydrogens (tertiary/aromatic N) is 2. The first-order chi connectivity index (χ1) is 8.55. The fourth-order valence-electron chi connectivity index (χ4n) is 1.50. The lowest BCUT2D eigenvalue weighted by Crippen LogP contribution is -2.27. The molecule has 2 rings (SSSR count). The molecule has 8 heteroatoms. The van der Waals surface area contributed by atoms with Crippen molar-refractivity contribution in [2.24, 2.45) is 0 Å². The maximum atomic E-state index is 12.2. The minimum Gasteiger partial charge on any atom is -0.468 e. The van der Waals surface area contributed by atoms with Crippen LogP contribution in [0.15, 0.2) is 34.0 Å². The van der Waals surface area contributed by atoms with Gasteiger partial charge in [0.2, 0.25) is 0 Å². The Morgan fingerprint density at radius 1 is 1.56 bits per heavy atom.